The molecule has 1 aliphatic carbocycles. The molecule has 1 saturated carbocycles. The average Bonchev–Trinajstić information content (AvgIpc) is 3.39. The minimum absolute atomic E-state index is 0.212. The molecule has 4 atom stereocenters. The molecular weight excluding hydrogens is 454 g/mol. The second kappa shape index (κ2) is 10.3. The van der Waals surface area contributed by atoms with Crippen molar-refractivity contribution in [3.8, 4) is 11.3 Å². The average molecular weight is 494 g/mol. The van der Waals surface area contributed by atoms with Gasteiger partial charge in [0.2, 0.25) is 5.95 Å². The third kappa shape index (κ3) is 4.93. The van der Waals surface area contributed by atoms with Crippen molar-refractivity contribution in [2.24, 2.45) is 23.7 Å². The van der Waals surface area contributed by atoms with Gasteiger partial charge in [0.25, 0.3) is 0 Å². The zero-order valence-electron chi connectivity index (χ0n) is 22.1. The molecule has 0 amide bonds. The standard InChI is InChI=1S/C28H39N5O3/c1-15-10-21-12-24(36-26(21)19(5)30-15)25-18(4)31-28(29-13-20-6-8-35-9-7-20)33-27(25)32-23-11-22(14-34)16(2)17(23)3/h10,12,16-17,20,22-23,34H,6-9,11,13-14H2,1-5H3,(H2,29,31,32,33). The fraction of sp³-hybridized carbons (Fsp3) is 0.607. The number of aromatic nitrogens is 3. The maximum absolute atomic E-state index is 9.89. The van der Waals surface area contributed by atoms with Crippen molar-refractivity contribution >= 4 is 22.7 Å². The predicted molar refractivity (Wildman–Crippen MR) is 142 cm³/mol. The van der Waals surface area contributed by atoms with E-state index in [2.05, 4.69) is 41.6 Å². The first-order valence-corrected chi connectivity index (χ1v) is 13.3. The van der Waals surface area contributed by atoms with Crippen LogP contribution in [0.15, 0.2) is 16.5 Å². The summed E-state index contributed by atoms with van der Waals surface area (Å²) >= 11 is 0. The van der Waals surface area contributed by atoms with E-state index in [9.17, 15) is 5.11 Å². The van der Waals surface area contributed by atoms with Crippen LogP contribution < -0.4 is 10.6 Å². The molecule has 0 spiro atoms. The Morgan fingerprint density at radius 3 is 2.50 bits per heavy atom. The Labute approximate surface area is 213 Å². The van der Waals surface area contributed by atoms with Crippen LogP contribution in [0.3, 0.4) is 0 Å². The lowest BCUT2D eigenvalue weighted by Gasteiger charge is -2.24. The van der Waals surface area contributed by atoms with Gasteiger partial charge in [-0.3, -0.25) is 4.98 Å². The van der Waals surface area contributed by atoms with Gasteiger partial charge in [-0.05, 0) is 75.8 Å². The van der Waals surface area contributed by atoms with Crippen LogP contribution in [-0.2, 0) is 4.74 Å². The number of rotatable bonds is 7. The van der Waals surface area contributed by atoms with E-state index in [1.807, 2.05) is 20.8 Å². The molecule has 2 aliphatic rings. The quantitative estimate of drug-likeness (QED) is 0.417. The normalized spacial score (nSPS) is 24.9. The van der Waals surface area contributed by atoms with Crippen molar-refractivity contribution in [2.75, 3.05) is 37.0 Å². The van der Waals surface area contributed by atoms with Crippen LogP contribution in [0.4, 0.5) is 11.8 Å². The molecule has 1 saturated heterocycles. The zero-order valence-corrected chi connectivity index (χ0v) is 22.1. The number of aliphatic hydroxyl groups excluding tert-OH is 1. The van der Waals surface area contributed by atoms with Crippen molar-refractivity contribution in [3.63, 3.8) is 0 Å². The Balaban J connectivity index is 1.51. The summed E-state index contributed by atoms with van der Waals surface area (Å²) in [6, 6.07) is 4.33. The highest BCUT2D eigenvalue weighted by atomic mass is 16.5. The van der Waals surface area contributed by atoms with Gasteiger partial charge in [-0.1, -0.05) is 13.8 Å². The molecule has 4 unspecified atom stereocenters. The number of fused-ring (bicyclic) bond motifs is 1. The van der Waals surface area contributed by atoms with Gasteiger partial charge >= 0.3 is 0 Å². The molecule has 5 rings (SSSR count). The van der Waals surface area contributed by atoms with Crippen molar-refractivity contribution in [1.82, 2.24) is 15.0 Å². The lowest BCUT2D eigenvalue weighted by Crippen LogP contribution is -2.26. The highest BCUT2D eigenvalue weighted by Gasteiger charge is 2.38. The maximum Gasteiger partial charge on any atom is 0.224 e. The number of furan rings is 1. The predicted octanol–water partition coefficient (Wildman–Crippen LogP) is 5.11. The van der Waals surface area contributed by atoms with E-state index < -0.39 is 0 Å². The second-order valence-electron chi connectivity index (χ2n) is 10.8. The number of aryl methyl sites for hydroxylation is 3. The van der Waals surface area contributed by atoms with E-state index in [1.54, 1.807) is 0 Å². The molecule has 2 fully saturated rings. The van der Waals surface area contributed by atoms with Crippen molar-refractivity contribution in [1.29, 1.82) is 0 Å². The highest BCUT2D eigenvalue weighted by Crippen LogP contribution is 2.41. The lowest BCUT2D eigenvalue weighted by molar-refractivity contribution is 0.0699. The summed E-state index contributed by atoms with van der Waals surface area (Å²) in [5.74, 6) is 3.86. The molecule has 0 radical (unpaired) electrons. The summed E-state index contributed by atoms with van der Waals surface area (Å²) in [4.78, 5) is 14.4. The largest absolute Gasteiger partial charge is 0.454 e. The Hall–Kier alpha value is -2.71. The highest BCUT2D eigenvalue weighted by molar-refractivity contribution is 5.87. The molecule has 8 nitrogen and oxygen atoms in total. The van der Waals surface area contributed by atoms with Crippen molar-refractivity contribution in [2.45, 2.75) is 59.9 Å². The van der Waals surface area contributed by atoms with Crippen LogP contribution in [0, 0.1) is 44.4 Å². The molecule has 8 heteroatoms. The fourth-order valence-electron chi connectivity index (χ4n) is 5.89. The number of ether oxygens (including phenoxy) is 1. The zero-order chi connectivity index (χ0) is 25.4. The van der Waals surface area contributed by atoms with E-state index in [4.69, 9.17) is 19.1 Å². The van der Waals surface area contributed by atoms with Crippen LogP contribution in [0.25, 0.3) is 22.3 Å². The van der Waals surface area contributed by atoms with E-state index in [-0.39, 0.29) is 18.6 Å². The Morgan fingerprint density at radius 1 is 1.00 bits per heavy atom. The number of anilines is 2. The summed E-state index contributed by atoms with van der Waals surface area (Å²) in [6.45, 7) is 13.2. The molecule has 3 N–H and O–H groups in total. The molecule has 4 heterocycles. The molecule has 194 valence electrons. The van der Waals surface area contributed by atoms with E-state index in [0.717, 1.165) is 84.2 Å². The van der Waals surface area contributed by atoms with Gasteiger partial charge in [-0.25, -0.2) is 4.98 Å². The molecular formula is C28H39N5O3. The van der Waals surface area contributed by atoms with Crippen LogP contribution in [-0.4, -0.2) is 52.5 Å². The number of aliphatic hydroxyl groups is 1. The van der Waals surface area contributed by atoms with E-state index >= 15 is 0 Å². The summed E-state index contributed by atoms with van der Waals surface area (Å²) in [5, 5.41) is 18.1. The molecule has 3 aromatic rings. The first-order valence-electron chi connectivity index (χ1n) is 13.3. The fourth-order valence-corrected chi connectivity index (χ4v) is 5.89. The van der Waals surface area contributed by atoms with Crippen LogP contribution >= 0.6 is 0 Å². The van der Waals surface area contributed by atoms with Crippen molar-refractivity contribution < 1.29 is 14.3 Å². The molecule has 0 aromatic carbocycles. The molecule has 1 aliphatic heterocycles. The van der Waals surface area contributed by atoms with Gasteiger partial charge in [-0.2, -0.15) is 4.98 Å². The SMILES string of the molecule is Cc1cc2cc(-c3c(C)nc(NCC4CCOCC4)nc3NC3CC(CO)C(C)C3C)oc2c(C)n1. The number of nitrogens with one attached hydrogen (secondary N) is 2. The smallest absolute Gasteiger partial charge is 0.224 e. The minimum atomic E-state index is 0.212. The van der Waals surface area contributed by atoms with Gasteiger partial charge in [0, 0.05) is 43.5 Å². The van der Waals surface area contributed by atoms with E-state index in [1.165, 1.54) is 0 Å². The summed E-state index contributed by atoms with van der Waals surface area (Å²) in [5.41, 5.74) is 4.39. The van der Waals surface area contributed by atoms with Gasteiger partial charge in [0.1, 0.15) is 11.6 Å². The summed E-state index contributed by atoms with van der Waals surface area (Å²) in [6.07, 6.45) is 3.02. The van der Waals surface area contributed by atoms with Crippen LogP contribution in [0.2, 0.25) is 0 Å². The Bertz CT molecular complexity index is 1220. The van der Waals surface area contributed by atoms with Gasteiger partial charge in [-0.15, -0.1) is 0 Å². The van der Waals surface area contributed by atoms with Gasteiger partial charge < -0.3 is 24.9 Å². The first kappa shape index (κ1) is 25.0. The molecule has 36 heavy (non-hydrogen) atoms. The minimum Gasteiger partial charge on any atom is -0.454 e. The number of pyridine rings is 1. The Kier molecular flexibility index (Phi) is 7.17. The number of hydrogen-bond donors (Lipinski definition) is 3. The molecule has 3 aromatic heterocycles. The topological polar surface area (TPSA) is 105 Å². The van der Waals surface area contributed by atoms with Gasteiger partial charge in [0.05, 0.1) is 17.0 Å². The summed E-state index contributed by atoms with van der Waals surface area (Å²) in [7, 11) is 0. The van der Waals surface area contributed by atoms with Crippen LogP contribution in [0.5, 0.6) is 0 Å². The van der Waals surface area contributed by atoms with Crippen LogP contribution in [0.1, 0.15) is 50.2 Å². The van der Waals surface area contributed by atoms with E-state index in [0.29, 0.717) is 23.7 Å². The first-order chi connectivity index (χ1) is 17.3. The summed E-state index contributed by atoms with van der Waals surface area (Å²) < 4.78 is 11.9. The van der Waals surface area contributed by atoms with Crippen molar-refractivity contribution in [3.05, 3.63) is 29.2 Å². The maximum atomic E-state index is 9.89. The second-order valence-corrected chi connectivity index (χ2v) is 10.8. The van der Waals surface area contributed by atoms with Gasteiger partial charge in [0.15, 0.2) is 5.58 Å². The number of nitrogens with zero attached hydrogens (tertiary/aromatic N) is 3. The third-order valence-corrected chi connectivity index (χ3v) is 8.34. The lowest BCUT2D eigenvalue weighted by atomic mass is 9.92. The molecule has 0 bridgehead atoms. The third-order valence-electron chi connectivity index (χ3n) is 8.34. The Morgan fingerprint density at radius 2 is 1.78 bits per heavy atom. The monoisotopic (exact) mass is 493 g/mol. The number of hydrogen-bond acceptors (Lipinski definition) is 8.